The van der Waals surface area contributed by atoms with E-state index in [0.29, 0.717) is 12.3 Å². The molecule has 4 nitrogen and oxygen atoms in total. The van der Waals surface area contributed by atoms with Gasteiger partial charge in [0, 0.05) is 0 Å². The Balaban J connectivity index is 1.77. The zero-order valence-corrected chi connectivity index (χ0v) is 12.2. The van der Waals surface area contributed by atoms with Crippen molar-refractivity contribution in [2.24, 2.45) is 0 Å². The van der Waals surface area contributed by atoms with Gasteiger partial charge in [-0.2, -0.15) is 0 Å². The minimum absolute atomic E-state index is 0.341. The molecule has 1 atom stereocenters. The number of hydrogen-bond acceptors (Lipinski definition) is 3. The molecule has 0 saturated heterocycles. The van der Waals surface area contributed by atoms with Crippen LogP contribution in [0.1, 0.15) is 11.1 Å². The predicted octanol–water partition coefficient (Wildman–Crippen LogP) is 3.05. The Morgan fingerprint density at radius 2 is 1.95 bits per heavy atom. The maximum atomic E-state index is 10.2. The van der Waals surface area contributed by atoms with Gasteiger partial charge in [-0.1, -0.05) is 24.3 Å². The van der Waals surface area contributed by atoms with E-state index in [4.69, 9.17) is 4.74 Å². The lowest BCUT2D eigenvalue weighted by molar-refractivity contribution is -0.0291. The summed E-state index contributed by atoms with van der Waals surface area (Å²) >= 11 is 0. The van der Waals surface area contributed by atoms with Crippen LogP contribution in [0.15, 0.2) is 48.8 Å². The molecular weight excluding hydrogens is 264 g/mol. The second-order valence-corrected chi connectivity index (χ2v) is 5.16. The maximum absolute atomic E-state index is 10.2. The summed E-state index contributed by atoms with van der Waals surface area (Å²) < 4.78 is 7.55. The summed E-state index contributed by atoms with van der Waals surface area (Å²) in [5.74, 6) is 0.715. The molecule has 0 bridgehead atoms. The highest BCUT2D eigenvalue weighted by Gasteiger charge is 2.11. The quantitative estimate of drug-likeness (QED) is 0.748. The number of nitrogens with zero attached hydrogens (tertiary/aromatic N) is 2. The van der Waals surface area contributed by atoms with Gasteiger partial charge in [0.1, 0.15) is 5.75 Å². The number of fused-ring (bicyclic) bond motifs is 1. The molecule has 0 spiro atoms. The number of ether oxygens (including phenoxy) is 1. The number of aliphatic hydroxyl groups is 1. The number of rotatable bonds is 4. The summed E-state index contributed by atoms with van der Waals surface area (Å²) in [6.07, 6.45) is 0.809. The van der Waals surface area contributed by atoms with Gasteiger partial charge >= 0.3 is 0 Å². The molecule has 0 aliphatic rings. The van der Waals surface area contributed by atoms with E-state index in [1.807, 2.05) is 60.9 Å². The van der Waals surface area contributed by atoms with Gasteiger partial charge < -0.3 is 14.4 Å². The van der Waals surface area contributed by atoms with E-state index in [2.05, 4.69) is 4.98 Å². The zero-order valence-electron chi connectivity index (χ0n) is 12.2. The van der Waals surface area contributed by atoms with Crippen LogP contribution in [0.25, 0.3) is 11.0 Å². The second-order valence-electron chi connectivity index (χ2n) is 5.16. The summed E-state index contributed by atoms with van der Waals surface area (Å²) in [5.41, 5.74) is 4.09. The van der Waals surface area contributed by atoms with Gasteiger partial charge in [-0.25, -0.2) is 4.98 Å². The third kappa shape index (κ3) is 2.76. The van der Waals surface area contributed by atoms with E-state index in [1.165, 1.54) is 0 Å². The van der Waals surface area contributed by atoms with E-state index < -0.39 is 6.29 Å². The Hall–Kier alpha value is -2.33. The van der Waals surface area contributed by atoms with Gasteiger partial charge in [0.05, 0.1) is 23.9 Å². The number of benzene rings is 2. The van der Waals surface area contributed by atoms with Crippen molar-refractivity contribution in [2.45, 2.75) is 26.7 Å². The van der Waals surface area contributed by atoms with Crippen LogP contribution in [0.2, 0.25) is 0 Å². The van der Waals surface area contributed by atoms with E-state index in [9.17, 15) is 5.11 Å². The van der Waals surface area contributed by atoms with Crippen LogP contribution in [-0.4, -0.2) is 20.9 Å². The molecular formula is C17H18N2O2. The number of hydrogen-bond donors (Lipinski definition) is 1. The van der Waals surface area contributed by atoms with Crippen molar-refractivity contribution in [3.63, 3.8) is 0 Å². The Morgan fingerprint density at radius 3 is 2.81 bits per heavy atom. The molecule has 0 aliphatic heterocycles. The zero-order chi connectivity index (χ0) is 14.8. The van der Waals surface area contributed by atoms with Gasteiger partial charge in [0.25, 0.3) is 0 Å². The lowest BCUT2D eigenvalue weighted by atomic mass is 10.1. The third-order valence-corrected chi connectivity index (χ3v) is 3.70. The molecule has 3 aromatic rings. The molecule has 0 aliphatic carbocycles. The molecule has 3 rings (SSSR count). The first-order chi connectivity index (χ1) is 10.1. The molecule has 4 heteroatoms. The van der Waals surface area contributed by atoms with Crippen molar-refractivity contribution in [1.29, 1.82) is 0 Å². The number of aromatic nitrogens is 2. The molecule has 1 N–H and O–H groups in total. The smallest absolute Gasteiger partial charge is 0.215 e. The molecule has 0 amide bonds. The minimum atomic E-state index is -0.914. The normalized spacial score (nSPS) is 12.5. The second kappa shape index (κ2) is 5.58. The highest BCUT2D eigenvalue weighted by atomic mass is 16.6. The van der Waals surface area contributed by atoms with Crippen molar-refractivity contribution in [2.75, 3.05) is 0 Å². The largest absolute Gasteiger partial charge is 0.463 e. The summed E-state index contributed by atoms with van der Waals surface area (Å²) in [7, 11) is 0. The van der Waals surface area contributed by atoms with Crippen molar-refractivity contribution in [3.8, 4) is 5.75 Å². The lowest BCUT2D eigenvalue weighted by Gasteiger charge is -2.17. The monoisotopic (exact) mass is 282 g/mol. The predicted molar refractivity (Wildman–Crippen MR) is 82.3 cm³/mol. The molecule has 0 radical (unpaired) electrons. The summed E-state index contributed by atoms with van der Waals surface area (Å²) in [6, 6.07) is 13.7. The van der Waals surface area contributed by atoms with Gasteiger partial charge in [0.15, 0.2) is 0 Å². The third-order valence-electron chi connectivity index (χ3n) is 3.70. The van der Waals surface area contributed by atoms with E-state index in [0.717, 1.165) is 22.2 Å². The van der Waals surface area contributed by atoms with E-state index in [-0.39, 0.29) is 0 Å². The van der Waals surface area contributed by atoms with Crippen LogP contribution in [-0.2, 0) is 6.54 Å². The fourth-order valence-corrected chi connectivity index (χ4v) is 2.36. The van der Waals surface area contributed by atoms with Crippen LogP contribution < -0.4 is 4.74 Å². The van der Waals surface area contributed by atoms with Crippen molar-refractivity contribution >= 4 is 11.0 Å². The number of para-hydroxylation sites is 2. The van der Waals surface area contributed by atoms with Crippen LogP contribution in [0.3, 0.4) is 0 Å². The first kappa shape index (κ1) is 13.6. The number of imidazole rings is 1. The van der Waals surface area contributed by atoms with Gasteiger partial charge in [-0.3, -0.25) is 0 Å². The van der Waals surface area contributed by atoms with Gasteiger partial charge in [-0.15, -0.1) is 0 Å². The highest BCUT2D eigenvalue weighted by molar-refractivity contribution is 5.74. The fraction of sp³-hybridized carbons (Fsp3) is 0.235. The molecule has 1 heterocycles. The highest BCUT2D eigenvalue weighted by Crippen LogP contribution is 2.22. The van der Waals surface area contributed by atoms with Gasteiger partial charge in [-0.05, 0) is 43.2 Å². The summed E-state index contributed by atoms with van der Waals surface area (Å²) in [5, 5.41) is 10.2. The first-order valence-corrected chi connectivity index (χ1v) is 6.96. The molecule has 0 saturated carbocycles. The van der Waals surface area contributed by atoms with E-state index in [1.54, 1.807) is 6.33 Å². The molecule has 21 heavy (non-hydrogen) atoms. The Kier molecular flexibility index (Phi) is 3.62. The molecule has 1 aromatic heterocycles. The minimum Gasteiger partial charge on any atom is -0.463 e. The standard InChI is InChI=1S/C17H18N2O2/c1-12-6-5-9-16(13(12)2)21-17(20)10-19-11-18-14-7-3-4-8-15(14)19/h3-9,11,17,20H,10H2,1-2H3/t17-/m0/s1. The fourth-order valence-electron chi connectivity index (χ4n) is 2.36. The lowest BCUT2D eigenvalue weighted by Crippen LogP contribution is -2.22. The van der Waals surface area contributed by atoms with Gasteiger partial charge in [0.2, 0.25) is 6.29 Å². The van der Waals surface area contributed by atoms with Crippen molar-refractivity contribution in [3.05, 3.63) is 59.9 Å². The summed E-state index contributed by atoms with van der Waals surface area (Å²) in [4.78, 5) is 4.31. The SMILES string of the molecule is Cc1cccc(O[C@H](O)Cn2cnc3ccccc32)c1C. The number of aliphatic hydroxyl groups excluding tert-OH is 1. The molecule has 0 unspecified atom stereocenters. The molecule has 108 valence electrons. The van der Waals surface area contributed by atoms with Crippen LogP contribution in [0, 0.1) is 13.8 Å². The van der Waals surface area contributed by atoms with Crippen LogP contribution in [0.4, 0.5) is 0 Å². The topological polar surface area (TPSA) is 47.3 Å². The van der Waals surface area contributed by atoms with Crippen LogP contribution in [0.5, 0.6) is 5.75 Å². The van der Waals surface area contributed by atoms with Crippen LogP contribution >= 0.6 is 0 Å². The Morgan fingerprint density at radius 1 is 1.14 bits per heavy atom. The number of aryl methyl sites for hydroxylation is 1. The Bertz CT molecular complexity index is 764. The average Bonchev–Trinajstić information content (AvgIpc) is 2.87. The maximum Gasteiger partial charge on any atom is 0.215 e. The molecule has 0 fully saturated rings. The summed E-state index contributed by atoms with van der Waals surface area (Å²) in [6.45, 7) is 4.36. The first-order valence-electron chi connectivity index (χ1n) is 6.96. The molecule has 2 aromatic carbocycles. The van der Waals surface area contributed by atoms with E-state index >= 15 is 0 Å². The van der Waals surface area contributed by atoms with Crippen molar-refractivity contribution in [1.82, 2.24) is 9.55 Å². The van der Waals surface area contributed by atoms with Crippen molar-refractivity contribution < 1.29 is 9.84 Å². The Labute approximate surface area is 123 Å². The average molecular weight is 282 g/mol.